The molecule has 2 amide bonds. The molecule has 0 aliphatic heterocycles. The molecule has 172 valence electrons. The summed E-state index contributed by atoms with van der Waals surface area (Å²) in [5.74, 6) is 0.451. The first-order valence-corrected chi connectivity index (χ1v) is 11.2. The number of benzene rings is 3. The molecule has 0 unspecified atom stereocenters. The van der Waals surface area contributed by atoms with Crippen molar-refractivity contribution in [3.8, 4) is 11.5 Å². The number of nitrogens with one attached hydrogen (secondary N) is 2. The number of hydrogen-bond donors (Lipinski definition) is 2. The van der Waals surface area contributed by atoms with Gasteiger partial charge in [0, 0.05) is 29.1 Å². The smallest absolute Gasteiger partial charge is 0.255 e. The Morgan fingerprint density at radius 1 is 0.818 bits per heavy atom. The molecule has 3 rings (SSSR count). The fraction of sp³-hybridized carbons (Fsp3) is 0.231. The maximum absolute atomic E-state index is 12.7. The van der Waals surface area contributed by atoms with Crippen LogP contribution < -0.4 is 20.1 Å². The van der Waals surface area contributed by atoms with Crippen LogP contribution in [0.3, 0.4) is 0 Å². The molecule has 6 nitrogen and oxygen atoms in total. The summed E-state index contributed by atoms with van der Waals surface area (Å²) >= 11 is 6.02. The molecule has 3 aromatic rings. The number of aryl methyl sites for hydroxylation is 1. The average Bonchev–Trinajstić information content (AvgIpc) is 2.81. The SMILES string of the molecule is CCOc1cc(NC(=O)c2ccccc2)c(OCC)cc1NC(=O)CCc1cccc(Cl)c1. The lowest BCUT2D eigenvalue weighted by Gasteiger charge is -2.18. The van der Waals surface area contributed by atoms with Gasteiger partial charge in [0.1, 0.15) is 11.5 Å². The number of carbonyl (C=O) groups excluding carboxylic acids is 2. The van der Waals surface area contributed by atoms with Crippen molar-refractivity contribution >= 4 is 34.8 Å². The summed E-state index contributed by atoms with van der Waals surface area (Å²) in [4.78, 5) is 25.3. The molecule has 0 saturated carbocycles. The Morgan fingerprint density at radius 3 is 2.06 bits per heavy atom. The lowest BCUT2D eigenvalue weighted by atomic mass is 10.1. The Kier molecular flexibility index (Phi) is 8.72. The van der Waals surface area contributed by atoms with E-state index in [-0.39, 0.29) is 18.2 Å². The molecule has 0 spiro atoms. The number of halogens is 1. The van der Waals surface area contributed by atoms with E-state index >= 15 is 0 Å². The van der Waals surface area contributed by atoms with Gasteiger partial charge in [0.15, 0.2) is 0 Å². The normalized spacial score (nSPS) is 10.4. The van der Waals surface area contributed by atoms with E-state index in [2.05, 4.69) is 10.6 Å². The summed E-state index contributed by atoms with van der Waals surface area (Å²) in [6.07, 6.45) is 0.836. The Hall–Kier alpha value is -3.51. The minimum atomic E-state index is -0.266. The van der Waals surface area contributed by atoms with Crippen LogP contribution in [0.2, 0.25) is 5.02 Å². The summed E-state index contributed by atoms with van der Waals surface area (Å²) < 4.78 is 11.5. The molecule has 0 heterocycles. The zero-order chi connectivity index (χ0) is 23.6. The van der Waals surface area contributed by atoms with Crippen molar-refractivity contribution in [2.75, 3.05) is 23.8 Å². The summed E-state index contributed by atoms with van der Waals surface area (Å²) in [5.41, 5.74) is 2.45. The van der Waals surface area contributed by atoms with Crippen LogP contribution >= 0.6 is 11.6 Å². The second-order valence-electron chi connectivity index (χ2n) is 7.21. The van der Waals surface area contributed by atoms with Gasteiger partial charge in [-0.1, -0.05) is 41.9 Å². The van der Waals surface area contributed by atoms with Gasteiger partial charge in [-0.25, -0.2) is 0 Å². The lowest BCUT2D eigenvalue weighted by Crippen LogP contribution is -2.16. The minimum absolute atomic E-state index is 0.167. The highest BCUT2D eigenvalue weighted by atomic mass is 35.5. The number of rotatable bonds is 10. The third-order valence-electron chi connectivity index (χ3n) is 4.77. The molecule has 0 bridgehead atoms. The summed E-state index contributed by atoms with van der Waals surface area (Å²) in [6.45, 7) is 4.49. The van der Waals surface area contributed by atoms with Crippen LogP contribution in [0.15, 0.2) is 66.7 Å². The molecule has 0 aromatic heterocycles. The first-order valence-electron chi connectivity index (χ1n) is 10.8. The van der Waals surface area contributed by atoms with Gasteiger partial charge >= 0.3 is 0 Å². The Morgan fingerprint density at radius 2 is 1.45 bits per heavy atom. The summed E-state index contributed by atoms with van der Waals surface area (Å²) in [7, 11) is 0. The monoisotopic (exact) mass is 466 g/mol. The van der Waals surface area contributed by atoms with Crippen LogP contribution in [0, 0.1) is 0 Å². The molecule has 0 aliphatic rings. The van der Waals surface area contributed by atoms with Gasteiger partial charge in [-0.3, -0.25) is 9.59 Å². The number of ether oxygens (including phenoxy) is 2. The first-order chi connectivity index (χ1) is 16.0. The fourth-order valence-corrected chi connectivity index (χ4v) is 3.47. The van der Waals surface area contributed by atoms with Crippen molar-refractivity contribution in [1.82, 2.24) is 0 Å². The van der Waals surface area contributed by atoms with E-state index in [0.29, 0.717) is 53.1 Å². The van der Waals surface area contributed by atoms with E-state index in [1.165, 1.54) is 0 Å². The summed E-state index contributed by atoms with van der Waals surface area (Å²) in [5, 5.41) is 6.42. The zero-order valence-corrected chi connectivity index (χ0v) is 19.4. The van der Waals surface area contributed by atoms with E-state index in [1.54, 1.807) is 42.5 Å². The van der Waals surface area contributed by atoms with Crippen molar-refractivity contribution < 1.29 is 19.1 Å². The lowest BCUT2D eigenvalue weighted by molar-refractivity contribution is -0.116. The second-order valence-corrected chi connectivity index (χ2v) is 7.65. The molecule has 33 heavy (non-hydrogen) atoms. The maximum atomic E-state index is 12.7. The predicted molar refractivity (Wildman–Crippen MR) is 132 cm³/mol. The molecule has 0 aliphatic carbocycles. The molecule has 0 saturated heterocycles. The molecule has 0 radical (unpaired) electrons. The highest BCUT2D eigenvalue weighted by Gasteiger charge is 2.17. The third kappa shape index (κ3) is 6.99. The molecule has 0 atom stereocenters. The predicted octanol–water partition coefficient (Wildman–Crippen LogP) is 5.96. The van der Waals surface area contributed by atoms with Crippen molar-refractivity contribution in [2.24, 2.45) is 0 Å². The van der Waals surface area contributed by atoms with Gasteiger partial charge in [-0.2, -0.15) is 0 Å². The van der Waals surface area contributed by atoms with Crippen molar-refractivity contribution in [2.45, 2.75) is 26.7 Å². The molecule has 2 N–H and O–H groups in total. The minimum Gasteiger partial charge on any atom is -0.492 e. The zero-order valence-electron chi connectivity index (χ0n) is 18.7. The molecule has 3 aromatic carbocycles. The number of anilines is 2. The molecule has 0 fully saturated rings. The number of amides is 2. The summed E-state index contributed by atoms with van der Waals surface area (Å²) in [6, 6.07) is 19.7. The van der Waals surface area contributed by atoms with Crippen LogP contribution in [0.25, 0.3) is 0 Å². The first kappa shape index (κ1) is 24.1. The highest BCUT2D eigenvalue weighted by Crippen LogP contribution is 2.37. The van der Waals surface area contributed by atoms with Gasteiger partial charge in [0.05, 0.1) is 24.6 Å². The fourth-order valence-electron chi connectivity index (χ4n) is 3.25. The van der Waals surface area contributed by atoms with Crippen molar-refractivity contribution in [1.29, 1.82) is 0 Å². The topological polar surface area (TPSA) is 76.7 Å². The average molecular weight is 467 g/mol. The van der Waals surface area contributed by atoms with E-state index in [4.69, 9.17) is 21.1 Å². The quantitative estimate of drug-likeness (QED) is 0.386. The van der Waals surface area contributed by atoms with Crippen LogP contribution in [-0.4, -0.2) is 25.0 Å². The highest BCUT2D eigenvalue weighted by molar-refractivity contribution is 6.30. The molecule has 7 heteroatoms. The second kappa shape index (κ2) is 11.9. The Balaban J connectivity index is 1.79. The van der Waals surface area contributed by atoms with Gasteiger partial charge in [-0.05, 0) is 50.1 Å². The van der Waals surface area contributed by atoms with Crippen molar-refractivity contribution in [3.05, 3.63) is 82.9 Å². The van der Waals surface area contributed by atoms with E-state index in [1.807, 2.05) is 38.1 Å². The van der Waals surface area contributed by atoms with Crippen LogP contribution in [0.5, 0.6) is 11.5 Å². The van der Waals surface area contributed by atoms with Crippen LogP contribution in [0.4, 0.5) is 11.4 Å². The Bertz CT molecular complexity index is 1100. The van der Waals surface area contributed by atoms with Crippen LogP contribution in [0.1, 0.15) is 36.2 Å². The van der Waals surface area contributed by atoms with Gasteiger partial charge < -0.3 is 20.1 Å². The number of carbonyl (C=O) groups is 2. The molecular formula is C26H27ClN2O4. The Labute approximate surface area is 198 Å². The van der Waals surface area contributed by atoms with E-state index in [9.17, 15) is 9.59 Å². The van der Waals surface area contributed by atoms with E-state index < -0.39 is 0 Å². The van der Waals surface area contributed by atoms with Gasteiger partial charge in [0.2, 0.25) is 5.91 Å². The third-order valence-corrected chi connectivity index (χ3v) is 5.00. The largest absolute Gasteiger partial charge is 0.492 e. The van der Waals surface area contributed by atoms with E-state index in [0.717, 1.165) is 5.56 Å². The van der Waals surface area contributed by atoms with Gasteiger partial charge in [0.25, 0.3) is 5.91 Å². The van der Waals surface area contributed by atoms with Gasteiger partial charge in [-0.15, -0.1) is 0 Å². The van der Waals surface area contributed by atoms with Crippen LogP contribution in [-0.2, 0) is 11.2 Å². The molecular weight excluding hydrogens is 440 g/mol. The number of hydrogen-bond acceptors (Lipinski definition) is 4. The van der Waals surface area contributed by atoms with Crippen molar-refractivity contribution in [3.63, 3.8) is 0 Å². The maximum Gasteiger partial charge on any atom is 0.255 e. The standard InChI is InChI=1S/C26H27ClN2O4/c1-3-32-23-17-22(29-26(31)19-10-6-5-7-11-19)24(33-4-2)16-21(23)28-25(30)14-13-18-9-8-12-20(27)15-18/h5-12,15-17H,3-4,13-14H2,1-2H3,(H,28,30)(H,29,31).